The summed E-state index contributed by atoms with van der Waals surface area (Å²) in [7, 11) is 0. The Labute approximate surface area is 225 Å². The van der Waals surface area contributed by atoms with Gasteiger partial charge in [0.2, 0.25) is 11.8 Å². The first-order valence-corrected chi connectivity index (χ1v) is 13.9. The van der Waals surface area contributed by atoms with Crippen LogP contribution in [0.4, 0.5) is 5.69 Å². The second-order valence-electron chi connectivity index (χ2n) is 10.4. The van der Waals surface area contributed by atoms with E-state index in [4.69, 9.17) is 0 Å². The molecule has 0 N–H and O–H groups in total. The normalized spacial score (nSPS) is 20.4. The molecule has 38 heavy (non-hydrogen) atoms. The zero-order valence-corrected chi connectivity index (χ0v) is 22.3. The minimum Gasteiger partial charge on any atom is -0.337 e. The predicted molar refractivity (Wildman–Crippen MR) is 147 cm³/mol. The SMILES string of the molecule is CCC(=O)N1CCC2CCCC(CN(C(=O)CCn3ccnc3)Cc3ccccc31)N2Cc1ccncc1. The lowest BCUT2D eigenvalue weighted by Crippen LogP contribution is -2.52. The molecule has 2 aromatic heterocycles. The summed E-state index contributed by atoms with van der Waals surface area (Å²) < 4.78 is 1.95. The molecule has 2 unspecified atom stereocenters. The Bertz CT molecular complexity index is 1200. The number of anilines is 1. The van der Waals surface area contributed by atoms with Crippen LogP contribution in [0.5, 0.6) is 0 Å². The van der Waals surface area contributed by atoms with Gasteiger partial charge in [-0.2, -0.15) is 0 Å². The van der Waals surface area contributed by atoms with E-state index < -0.39 is 0 Å². The van der Waals surface area contributed by atoms with Crippen molar-refractivity contribution in [1.29, 1.82) is 0 Å². The third-order valence-corrected chi connectivity index (χ3v) is 7.99. The summed E-state index contributed by atoms with van der Waals surface area (Å²) in [6, 6.07) is 12.9. The van der Waals surface area contributed by atoms with Crippen molar-refractivity contribution in [2.45, 2.75) is 77.2 Å². The highest BCUT2D eigenvalue weighted by Gasteiger charge is 2.34. The third-order valence-electron chi connectivity index (χ3n) is 7.99. The molecule has 0 aliphatic carbocycles. The maximum atomic E-state index is 13.7. The number of carbonyl (C=O) groups excluding carboxylic acids is 2. The van der Waals surface area contributed by atoms with Crippen LogP contribution in [-0.4, -0.2) is 61.3 Å². The molecule has 2 atom stereocenters. The Morgan fingerprint density at radius 1 is 0.947 bits per heavy atom. The van der Waals surface area contributed by atoms with Crippen LogP contribution in [-0.2, 0) is 29.2 Å². The average molecular weight is 515 g/mol. The number of aryl methyl sites for hydroxylation is 1. The van der Waals surface area contributed by atoms with Gasteiger partial charge in [-0.05, 0) is 48.6 Å². The van der Waals surface area contributed by atoms with E-state index in [1.165, 1.54) is 5.56 Å². The molecule has 2 aliphatic rings. The molecule has 1 saturated heterocycles. The van der Waals surface area contributed by atoms with Gasteiger partial charge in [-0.1, -0.05) is 31.5 Å². The van der Waals surface area contributed by atoms with Gasteiger partial charge in [0.25, 0.3) is 0 Å². The number of hydrogen-bond donors (Lipinski definition) is 0. The number of benzene rings is 1. The fourth-order valence-corrected chi connectivity index (χ4v) is 5.96. The van der Waals surface area contributed by atoms with Crippen molar-refractivity contribution < 1.29 is 9.59 Å². The quantitative estimate of drug-likeness (QED) is 0.491. The monoisotopic (exact) mass is 514 g/mol. The highest BCUT2D eigenvalue weighted by atomic mass is 16.2. The molecule has 4 heterocycles. The number of pyridine rings is 1. The molecule has 1 fully saturated rings. The summed E-state index contributed by atoms with van der Waals surface area (Å²) >= 11 is 0. The number of amides is 2. The van der Waals surface area contributed by atoms with Crippen LogP contribution in [0.15, 0.2) is 67.5 Å². The topological polar surface area (TPSA) is 74.6 Å². The van der Waals surface area contributed by atoms with E-state index in [2.05, 4.69) is 33.1 Å². The zero-order chi connectivity index (χ0) is 26.3. The van der Waals surface area contributed by atoms with Crippen molar-refractivity contribution in [1.82, 2.24) is 24.3 Å². The molecule has 2 bridgehead atoms. The lowest BCUT2D eigenvalue weighted by atomic mass is 9.92. The van der Waals surface area contributed by atoms with E-state index in [0.717, 1.165) is 43.5 Å². The summed E-state index contributed by atoms with van der Waals surface area (Å²) in [5.74, 6) is 0.259. The minimum atomic E-state index is 0.128. The average Bonchev–Trinajstić information content (AvgIpc) is 3.47. The molecule has 0 saturated carbocycles. The van der Waals surface area contributed by atoms with E-state index in [9.17, 15) is 9.59 Å². The van der Waals surface area contributed by atoms with Crippen molar-refractivity contribution in [2.24, 2.45) is 0 Å². The highest BCUT2D eigenvalue weighted by molar-refractivity contribution is 5.94. The van der Waals surface area contributed by atoms with E-state index in [0.29, 0.717) is 45.1 Å². The summed E-state index contributed by atoms with van der Waals surface area (Å²) in [5.41, 5.74) is 3.20. The fraction of sp³-hybridized carbons (Fsp3) is 0.467. The van der Waals surface area contributed by atoms with E-state index in [-0.39, 0.29) is 17.9 Å². The van der Waals surface area contributed by atoms with Gasteiger partial charge in [0.05, 0.1) is 6.33 Å². The van der Waals surface area contributed by atoms with Gasteiger partial charge in [-0.15, -0.1) is 0 Å². The molecule has 0 radical (unpaired) electrons. The number of fused-ring (bicyclic) bond motifs is 3. The van der Waals surface area contributed by atoms with Crippen LogP contribution in [0.1, 0.15) is 56.6 Å². The summed E-state index contributed by atoms with van der Waals surface area (Å²) in [5, 5.41) is 0. The van der Waals surface area contributed by atoms with Crippen LogP contribution in [0, 0.1) is 0 Å². The molecule has 3 aromatic rings. The molecule has 1 aromatic carbocycles. The summed E-state index contributed by atoms with van der Waals surface area (Å²) in [6.07, 6.45) is 14.2. The van der Waals surface area contributed by atoms with Gasteiger partial charge in [0.1, 0.15) is 0 Å². The molecule has 2 amide bonds. The first-order valence-electron chi connectivity index (χ1n) is 13.9. The Morgan fingerprint density at radius 3 is 2.55 bits per heavy atom. The van der Waals surface area contributed by atoms with Crippen molar-refractivity contribution in [3.05, 3.63) is 78.6 Å². The Kier molecular flexibility index (Phi) is 8.48. The fourth-order valence-electron chi connectivity index (χ4n) is 5.96. The number of rotatable bonds is 6. The third kappa shape index (κ3) is 6.13. The van der Waals surface area contributed by atoms with Gasteiger partial charge >= 0.3 is 0 Å². The Hall–Kier alpha value is -3.52. The van der Waals surface area contributed by atoms with Crippen LogP contribution in [0.2, 0.25) is 0 Å². The van der Waals surface area contributed by atoms with E-state index in [1.807, 2.05) is 58.1 Å². The van der Waals surface area contributed by atoms with Crippen molar-refractivity contribution in [3.63, 3.8) is 0 Å². The van der Waals surface area contributed by atoms with Crippen LogP contribution < -0.4 is 4.90 Å². The second kappa shape index (κ2) is 12.3. The second-order valence-corrected chi connectivity index (χ2v) is 10.4. The van der Waals surface area contributed by atoms with E-state index in [1.54, 1.807) is 12.5 Å². The lowest BCUT2D eigenvalue weighted by Gasteiger charge is -2.44. The number of piperidine rings is 1. The largest absolute Gasteiger partial charge is 0.337 e. The Morgan fingerprint density at radius 2 is 1.76 bits per heavy atom. The first-order chi connectivity index (χ1) is 18.6. The Balaban J connectivity index is 1.49. The van der Waals surface area contributed by atoms with Gasteiger partial charge < -0.3 is 14.4 Å². The molecular weight excluding hydrogens is 476 g/mol. The molecule has 200 valence electrons. The molecule has 8 nitrogen and oxygen atoms in total. The predicted octanol–water partition coefficient (Wildman–Crippen LogP) is 4.27. The van der Waals surface area contributed by atoms with Crippen LogP contribution in [0.25, 0.3) is 0 Å². The molecule has 2 aliphatic heterocycles. The number of imidazole rings is 1. The maximum absolute atomic E-state index is 13.7. The first kappa shape index (κ1) is 26.1. The molecule has 5 rings (SSSR count). The number of aromatic nitrogens is 3. The molecular formula is C30H38N6O2. The zero-order valence-electron chi connectivity index (χ0n) is 22.3. The van der Waals surface area contributed by atoms with Crippen molar-refractivity contribution >= 4 is 17.5 Å². The number of carbonyl (C=O) groups is 2. The van der Waals surface area contributed by atoms with Crippen molar-refractivity contribution in [2.75, 3.05) is 18.0 Å². The number of para-hydroxylation sites is 1. The summed E-state index contributed by atoms with van der Waals surface area (Å²) in [4.78, 5) is 41.8. The summed E-state index contributed by atoms with van der Waals surface area (Å²) in [6.45, 7) is 5.21. The van der Waals surface area contributed by atoms with Gasteiger partial charge in [0, 0.05) is 88.1 Å². The number of hydrogen-bond acceptors (Lipinski definition) is 5. The van der Waals surface area contributed by atoms with Crippen LogP contribution >= 0.6 is 0 Å². The lowest BCUT2D eigenvalue weighted by molar-refractivity contribution is -0.133. The van der Waals surface area contributed by atoms with Gasteiger partial charge in [-0.25, -0.2) is 4.98 Å². The van der Waals surface area contributed by atoms with Gasteiger partial charge in [0.15, 0.2) is 0 Å². The minimum absolute atomic E-state index is 0.128. The van der Waals surface area contributed by atoms with Gasteiger partial charge in [-0.3, -0.25) is 19.5 Å². The van der Waals surface area contributed by atoms with Crippen molar-refractivity contribution in [3.8, 4) is 0 Å². The number of nitrogens with zero attached hydrogens (tertiary/aromatic N) is 6. The molecule has 0 spiro atoms. The highest BCUT2D eigenvalue weighted by Crippen LogP contribution is 2.32. The smallest absolute Gasteiger partial charge is 0.226 e. The standard InChI is InChI=1S/C30H38N6O2/c1-2-29(37)35-18-12-26-7-5-8-27(36(26)20-24-10-14-31-15-11-24)22-34(21-25-6-3-4-9-28(25)35)30(38)13-17-33-19-16-32-23-33/h3-4,6,9-11,14-16,19,23,26-27H,2,5,7-8,12-13,17-18,20-22H2,1H3. The maximum Gasteiger partial charge on any atom is 0.226 e. The van der Waals surface area contributed by atoms with Crippen LogP contribution in [0.3, 0.4) is 0 Å². The van der Waals surface area contributed by atoms with E-state index >= 15 is 0 Å². The molecule has 8 heteroatoms.